The summed E-state index contributed by atoms with van der Waals surface area (Å²) in [7, 11) is 1.67. The van der Waals surface area contributed by atoms with Gasteiger partial charge in [-0.2, -0.15) is 5.26 Å². The Morgan fingerprint density at radius 3 is 2.48 bits per heavy atom. The smallest absolute Gasteiger partial charge is 0.321 e. The number of carbonyl (C=O) groups is 1. The van der Waals surface area contributed by atoms with Crippen molar-refractivity contribution in [2.45, 2.75) is 6.42 Å². The maximum Gasteiger partial charge on any atom is 0.321 e. The number of anilines is 1. The molecule has 1 saturated heterocycles. The molecule has 6 nitrogen and oxygen atoms in total. The lowest BCUT2D eigenvalue weighted by molar-refractivity contribution is 0.148. The summed E-state index contributed by atoms with van der Waals surface area (Å²) < 4.78 is 5.18. The molecule has 0 saturated carbocycles. The van der Waals surface area contributed by atoms with Crippen LogP contribution >= 0.6 is 0 Å². The first-order valence-electron chi connectivity index (χ1n) is 9.10. The molecule has 0 aromatic heterocycles. The fraction of sp³-hybridized carbons (Fsp3) is 0.333. The monoisotopic (exact) mass is 364 g/mol. The number of carbonyl (C=O) groups excluding carboxylic acids is 1. The topological polar surface area (TPSA) is 68.6 Å². The molecule has 0 aliphatic carbocycles. The predicted octanol–water partition coefficient (Wildman–Crippen LogP) is 2.96. The van der Waals surface area contributed by atoms with E-state index < -0.39 is 0 Å². The van der Waals surface area contributed by atoms with Crippen molar-refractivity contribution in [3.63, 3.8) is 0 Å². The van der Waals surface area contributed by atoms with Gasteiger partial charge in [-0.05, 0) is 36.2 Å². The lowest BCUT2D eigenvalue weighted by Gasteiger charge is -2.34. The van der Waals surface area contributed by atoms with Gasteiger partial charge >= 0.3 is 6.03 Å². The minimum absolute atomic E-state index is 0.146. The largest absolute Gasteiger partial charge is 0.497 e. The third kappa shape index (κ3) is 4.99. The first-order valence-corrected chi connectivity index (χ1v) is 9.10. The molecule has 1 aliphatic rings. The van der Waals surface area contributed by atoms with Crippen LogP contribution in [0.3, 0.4) is 0 Å². The van der Waals surface area contributed by atoms with Crippen LogP contribution in [-0.4, -0.2) is 55.7 Å². The Morgan fingerprint density at radius 2 is 1.81 bits per heavy atom. The summed E-state index contributed by atoms with van der Waals surface area (Å²) >= 11 is 0. The first-order chi connectivity index (χ1) is 13.2. The highest BCUT2D eigenvalue weighted by atomic mass is 16.5. The van der Waals surface area contributed by atoms with Gasteiger partial charge in [-0.3, -0.25) is 4.90 Å². The lowest BCUT2D eigenvalue weighted by Crippen LogP contribution is -2.50. The van der Waals surface area contributed by atoms with E-state index in [1.54, 1.807) is 30.2 Å². The van der Waals surface area contributed by atoms with Crippen LogP contribution in [0.2, 0.25) is 0 Å². The minimum atomic E-state index is -0.146. The Morgan fingerprint density at radius 1 is 1.11 bits per heavy atom. The zero-order valence-corrected chi connectivity index (χ0v) is 15.5. The number of rotatable bonds is 5. The van der Waals surface area contributed by atoms with E-state index in [4.69, 9.17) is 10.00 Å². The number of hydrogen-bond acceptors (Lipinski definition) is 4. The SMILES string of the molecule is COc1ccc(CCN2CCN(C(=O)Nc3ccccc3C#N)CC2)cc1. The number of hydrogen-bond donors (Lipinski definition) is 1. The maximum absolute atomic E-state index is 12.5. The van der Waals surface area contributed by atoms with Crippen molar-refractivity contribution in [1.29, 1.82) is 5.26 Å². The molecule has 0 radical (unpaired) electrons. The Kier molecular flexibility index (Phi) is 6.29. The molecule has 6 heteroatoms. The van der Waals surface area contributed by atoms with Crippen molar-refractivity contribution >= 4 is 11.7 Å². The van der Waals surface area contributed by atoms with Crippen LogP contribution in [0.1, 0.15) is 11.1 Å². The van der Waals surface area contributed by atoms with Crippen molar-refractivity contribution in [1.82, 2.24) is 9.80 Å². The quantitative estimate of drug-likeness (QED) is 0.886. The Bertz CT molecular complexity index is 806. The fourth-order valence-corrected chi connectivity index (χ4v) is 3.14. The molecular weight excluding hydrogens is 340 g/mol. The van der Waals surface area contributed by atoms with Gasteiger partial charge in [0.05, 0.1) is 18.4 Å². The highest BCUT2D eigenvalue weighted by Gasteiger charge is 2.21. The van der Waals surface area contributed by atoms with Gasteiger partial charge in [-0.25, -0.2) is 4.79 Å². The predicted molar refractivity (Wildman–Crippen MR) is 105 cm³/mol. The van der Waals surface area contributed by atoms with Crippen LogP contribution in [0.4, 0.5) is 10.5 Å². The summed E-state index contributed by atoms with van der Waals surface area (Å²) in [6.45, 7) is 4.04. The van der Waals surface area contributed by atoms with Crippen molar-refractivity contribution in [3.05, 3.63) is 59.7 Å². The van der Waals surface area contributed by atoms with Crippen molar-refractivity contribution < 1.29 is 9.53 Å². The number of urea groups is 1. The second kappa shape index (κ2) is 9.06. The van der Waals surface area contributed by atoms with Gasteiger partial charge in [0.2, 0.25) is 0 Å². The third-order valence-corrected chi connectivity index (χ3v) is 4.82. The second-order valence-electron chi connectivity index (χ2n) is 6.51. The Hall–Kier alpha value is -3.04. The van der Waals surface area contributed by atoms with Gasteiger partial charge in [0.25, 0.3) is 0 Å². The van der Waals surface area contributed by atoms with E-state index in [9.17, 15) is 4.79 Å². The molecule has 0 unspecified atom stereocenters. The van der Waals surface area contributed by atoms with Gasteiger partial charge < -0.3 is 15.0 Å². The average Bonchev–Trinajstić information content (AvgIpc) is 2.73. The molecule has 0 spiro atoms. The van der Waals surface area contributed by atoms with Crippen LogP contribution < -0.4 is 10.1 Å². The number of nitriles is 1. The Labute approximate surface area is 160 Å². The molecule has 0 atom stereocenters. The number of benzene rings is 2. The summed E-state index contributed by atoms with van der Waals surface area (Å²) in [5.74, 6) is 0.872. The summed E-state index contributed by atoms with van der Waals surface area (Å²) in [4.78, 5) is 16.6. The lowest BCUT2D eigenvalue weighted by atomic mass is 10.1. The molecule has 1 N–H and O–H groups in total. The molecule has 2 amide bonds. The molecule has 2 aromatic carbocycles. The molecule has 1 heterocycles. The van der Waals surface area contributed by atoms with Gasteiger partial charge in [0.1, 0.15) is 11.8 Å². The average molecular weight is 364 g/mol. The van der Waals surface area contributed by atoms with E-state index >= 15 is 0 Å². The standard InChI is InChI=1S/C21H24N4O2/c1-27-19-8-6-17(7-9-19)10-11-24-12-14-25(15-13-24)21(26)23-20-5-3-2-4-18(20)16-22/h2-9H,10-15H2,1H3,(H,23,26). The van der Waals surface area contributed by atoms with E-state index in [0.29, 0.717) is 24.3 Å². The number of ether oxygens (including phenoxy) is 1. The molecule has 2 aromatic rings. The number of methoxy groups -OCH3 is 1. The fourth-order valence-electron chi connectivity index (χ4n) is 3.14. The molecule has 27 heavy (non-hydrogen) atoms. The van der Waals surface area contributed by atoms with Gasteiger partial charge in [-0.1, -0.05) is 24.3 Å². The Balaban J connectivity index is 1.45. The van der Waals surface area contributed by atoms with Gasteiger partial charge in [-0.15, -0.1) is 0 Å². The molecule has 140 valence electrons. The number of para-hydroxylation sites is 1. The zero-order chi connectivity index (χ0) is 19.1. The minimum Gasteiger partial charge on any atom is -0.497 e. The number of amides is 2. The van der Waals surface area contributed by atoms with Crippen molar-refractivity contribution in [3.8, 4) is 11.8 Å². The highest BCUT2D eigenvalue weighted by molar-refractivity contribution is 5.90. The van der Waals surface area contributed by atoms with E-state index in [-0.39, 0.29) is 6.03 Å². The van der Waals surface area contributed by atoms with Crippen molar-refractivity contribution in [2.75, 3.05) is 45.2 Å². The summed E-state index contributed by atoms with van der Waals surface area (Å²) in [5.41, 5.74) is 2.32. The molecule has 3 rings (SSSR count). The molecule has 0 bridgehead atoms. The highest BCUT2D eigenvalue weighted by Crippen LogP contribution is 2.15. The molecular formula is C21H24N4O2. The normalized spacial score (nSPS) is 14.4. The molecule has 1 fully saturated rings. The zero-order valence-electron chi connectivity index (χ0n) is 15.5. The van der Waals surface area contributed by atoms with Crippen molar-refractivity contribution in [2.24, 2.45) is 0 Å². The van der Waals surface area contributed by atoms with Crippen LogP contribution in [-0.2, 0) is 6.42 Å². The van der Waals surface area contributed by atoms with Crippen LogP contribution in [0.15, 0.2) is 48.5 Å². The van der Waals surface area contributed by atoms with Crippen LogP contribution in [0.5, 0.6) is 5.75 Å². The maximum atomic E-state index is 12.5. The second-order valence-corrected chi connectivity index (χ2v) is 6.51. The summed E-state index contributed by atoms with van der Waals surface area (Å²) in [6.07, 6.45) is 0.978. The van der Waals surface area contributed by atoms with Crippen LogP contribution in [0.25, 0.3) is 0 Å². The third-order valence-electron chi connectivity index (χ3n) is 4.82. The van der Waals surface area contributed by atoms with E-state index in [0.717, 1.165) is 31.8 Å². The first kappa shape index (κ1) is 18.7. The van der Waals surface area contributed by atoms with E-state index in [1.165, 1.54) is 5.56 Å². The number of nitrogens with zero attached hydrogens (tertiary/aromatic N) is 3. The number of nitrogens with one attached hydrogen (secondary N) is 1. The summed E-state index contributed by atoms with van der Waals surface area (Å²) in [6, 6.07) is 17.2. The molecule has 1 aliphatic heterocycles. The van der Waals surface area contributed by atoms with Gasteiger partial charge in [0.15, 0.2) is 0 Å². The summed E-state index contributed by atoms with van der Waals surface area (Å²) in [5, 5.41) is 12.0. The van der Waals surface area contributed by atoms with Crippen LogP contribution in [0, 0.1) is 11.3 Å². The van der Waals surface area contributed by atoms with E-state index in [2.05, 4.69) is 28.4 Å². The van der Waals surface area contributed by atoms with E-state index in [1.807, 2.05) is 18.2 Å². The number of piperazine rings is 1. The van der Waals surface area contributed by atoms with Gasteiger partial charge in [0, 0.05) is 32.7 Å².